The van der Waals surface area contributed by atoms with Crippen molar-refractivity contribution in [3.63, 3.8) is 0 Å². The Morgan fingerprint density at radius 2 is 0.769 bits per heavy atom. The zero-order valence-electron chi connectivity index (χ0n) is 8.67. The highest BCUT2D eigenvalue weighted by Crippen LogP contribution is 2.09. The number of rotatable bonds is 0. The summed E-state index contributed by atoms with van der Waals surface area (Å²) in [5, 5.41) is 0. The van der Waals surface area contributed by atoms with Crippen molar-refractivity contribution in [2.75, 3.05) is 0 Å². The van der Waals surface area contributed by atoms with Gasteiger partial charge < -0.3 is 0 Å². The summed E-state index contributed by atoms with van der Waals surface area (Å²) >= 11 is 0. The van der Waals surface area contributed by atoms with Crippen molar-refractivity contribution in [1.29, 1.82) is 0 Å². The van der Waals surface area contributed by atoms with Gasteiger partial charge in [-0.15, -0.1) is 0 Å². The van der Waals surface area contributed by atoms with Gasteiger partial charge in [0, 0.05) is 0 Å². The van der Waals surface area contributed by atoms with Crippen LogP contribution in [0.25, 0.3) is 0 Å². The molecule has 0 aliphatic heterocycles. The highest BCUT2D eigenvalue weighted by Gasteiger charge is 1.89. The molecule has 1 aliphatic carbocycles. The first-order valence-corrected chi connectivity index (χ1v) is 5.80. The molecule has 1 rings (SSSR count). The van der Waals surface area contributed by atoms with E-state index in [2.05, 4.69) is 24.3 Å². The summed E-state index contributed by atoms with van der Waals surface area (Å²) in [4.78, 5) is 0. The molecule has 0 N–H and O–H groups in total. The van der Waals surface area contributed by atoms with E-state index in [0.29, 0.717) is 0 Å². The molecule has 0 spiro atoms. The fourth-order valence-corrected chi connectivity index (χ4v) is 1.70. The van der Waals surface area contributed by atoms with Crippen LogP contribution in [0.1, 0.15) is 57.8 Å². The Kier molecular flexibility index (Phi) is 6.58. The SMILES string of the molecule is C1=CCCCCCC/C=C/CCC1. The van der Waals surface area contributed by atoms with Gasteiger partial charge in [0.05, 0.1) is 0 Å². The van der Waals surface area contributed by atoms with Crippen LogP contribution in [0.3, 0.4) is 0 Å². The summed E-state index contributed by atoms with van der Waals surface area (Å²) in [6.45, 7) is 0. The van der Waals surface area contributed by atoms with E-state index >= 15 is 0 Å². The first kappa shape index (κ1) is 10.6. The molecule has 0 nitrogen and oxygen atoms in total. The molecule has 74 valence electrons. The summed E-state index contributed by atoms with van der Waals surface area (Å²) in [5.41, 5.74) is 0. The van der Waals surface area contributed by atoms with E-state index in [1.54, 1.807) is 0 Å². The minimum Gasteiger partial charge on any atom is -0.0885 e. The van der Waals surface area contributed by atoms with Crippen LogP contribution in [0.15, 0.2) is 24.3 Å². The zero-order valence-corrected chi connectivity index (χ0v) is 8.67. The van der Waals surface area contributed by atoms with Crippen LogP contribution < -0.4 is 0 Å². The third-order valence-electron chi connectivity index (χ3n) is 2.57. The molecule has 0 bridgehead atoms. The standard InChI is InChI=1S/C13H22/c1-2-4-6-8-10-12-13-11-9-7-5-3-1/h1-2,9,11H,3-8,10,12-13H2/b2-1+,11-9?. The third-order valence-corrected chi connectivity index (χ3v) is 2.57. The van der Waals surface area contributed by atoms with E-state index < -0.39 is 0 Å². The van der Waals surface area contributed by atoms with Gasteiger partial charge in [-0.05, 0) is 44.9 Å². The second-order valence-electron chi connectivity index (χ2n) is 3.87. The third kappa shape index (κ3) is 6.62. The van der Waals surface area contributed by atoms with Crippen molar-refractivity contribution in [2.24, 2.45) is 0 Å². The molecule has 0 unspecified atom stereocenters. The molecule has 0 fully saturated rings. The highest BCUT2D eigenvalue weighted by atomic mass is 14.0. The Morgan fingerprint density at radius 1 is 0.385 bits per heavy atom. The van der Waals surface area contributed by atoms with Gasteiger partial charge in [0.25, 0.3) is 0 Å². The van der Waals surface area contributed by atoms with E-state index in [1.807, 2.05) is 0 Å². The van der Waals surface area contributed by atoms with Crippen molar-refractivity contribution in [3.05, 3.63) is 24.3 Å². The molecule has 0 amide bonds. The minimum atomic E-state index is 1.27. The molecular weight excluding hydrogens is 156 g/mol. The maximum Gasteiger partial charge on any atom is -0.0348 e. The smallest absolute Gasteiger partial charge is 0.0348 e. The summed E-state index contributed by atoms with van der Waals surface area (Å²) in [6, 6.07) is 0. The molecule has 0 atom stereocenters. The monoisotopic (exact) mass is 178 g/mol. The zero-order chi connectivity index (χ0) is 9.19. The van der Waals surface area contributed by atoms with E-state index in [9.17, 15) is 0 Å². The van der Waals surface area contributed by atoms with E-state index in [4.69, 9.17) is 0 Å². The average molecular weight is 178 g/mol. The summed E-state index contributed by atoms with van der Waals surface area (Å²) < 4.78 is 0. The topological polar surface area (TPSA) is 0 Å². The minimum absolute atomic E-state index is 1.27. The number of hydrogen-bond donors (Lipinski definition) is 0. The molecule has 0 heteroatoms. The van der Waals surface area contributed by atoms with Crippen molar-refractivity contribution in [1.82, 2.24) is 0 Å². The summed E-state index contributed by atoms with van der Waals surface area (Å²) in [5.74, 6) is 0. The van der Waals surface area contributed by atoms with E-state index in [0.717, 1.165) is 0 Å². The van der Waals surface area contributed by atoms with Gasteiger partial charge in [-0.1, -0.05) is 37.1 Å². The fraction of sp³-hybridized carbons (Fsp3) is 0.692. The Balaban J connectivity index is 2.18. The van der Waals surface area contributed by atoms with Crippen LogP contribution in [0.5, 0.6) is 0 Å². The molecule has 0 heterocycles. The van der Waals surface area contributed by atoms with Crippen LogP contribution in [-0.2, 0) is 0 Å². The second-order valence-corrected chi connectivity index (χ2v) is 3.87. The molecule has 0 saturated carbocycles. The van der Waals surface area contributed by atoms with Gasteiger partial charge in [-0.2, -0.15) is 0 Å². The molecule has 0 saturated heterocycles. The lowest BCUT2D eigenvalue weighted by Gasteiger charge is -1.95. The van der Waals surface area contributed by atoms with Crippen LogP contribution in [0.4, 0.5) is 0 Å². The molecule has 0 radical (unpaired) electrons. The Hall–Kier alpha value is -0.520. The predicted octanol–water partition coefficient (Wildman–Crippen LogP) is 4.62. The van der Waals surface area contributed by atoms with Gasteiger partial charge in [0.1, 0.15) is 0 Å². The van der Waals surface area contributed by atoms with Crippen molar-refractivity contribution in [2.45, 2.75) is 57.8 Å². The molecule has 13 heavy (non-hydrogen) atoms. The lowest BCUT2D eigenvalue weighted by molar-refractivity contribution is 0.652. The van der Waals surface area contributed by atoms with Crippen LogP contribution in [0.2, 0.25) is 0 Å². The molecule has 1 aliphatic rings. The summed E-state index contributed by atoms with van der Waals surface area (Å²) in [7, 11) is 0. The lowest BCUT2D eigenvalue weighted by atomic mass is 10.1. The van der Waals surface area contributed by atoms with E-state index in [1.165, 1.54) is 57.8 Å². The molecule has 0 aromatic rings. The Morgan fingerprint density at radius 3 is 1.23 bits per heavy atom. The first-order valence-electron chi connectivity index (χ1n) is 5.80. The van der Waals surface area contributed by atoms with Gasteiger partial charge >= 0.3 is 0 Å². The van der Waals surface area contributed by atoms with Crippen molar-refractivity contribution < 1.29 is 0 Å². The van der Waals surface area contributed by atoms with Gasteiger partial charge in [0.2, 0.25) is 0 Å². The quantitative estimate of drug-likeness (QED) is 0.475. The van der Waals surface area contributed by atoms with Crippen molar-refractivity contribution in [3.8, 4) is 0 Å². The Bertz CT molecular complexity index is 135. The lowest BCUT2D eigenvalue weighted by Crippen LogP contribution is -1.76. The van der Waals surface area contributed by atoms with Crippen LogP contribution in [0, 0.1) is 0 Å². The highest BCUT2D eigenvalue weighted by molar-refractivity contribution is 4.86. The maximum absolute atomic E-state index is 2.36. The largest absolute Gasteiger partial charge is 0.0885 e. The van der Waals surface area contributed by atoms with Gasteiger partial charge in [0.15, 0.2) is 0 Å². The van der Waals surface area contributed by atoms with Gasteiger partial charge in [-0.25, -0.2) is 0 Å². The van der Waals surface area contributed by atoms with Crippen LogP contribution >= 0.6 is 0 Å². The van der Waals surface area contributed by atoms with E-state index in [-0.39, 0.29) is 0 Å². The predicted molar refractivity (Wildman–Crippen MR) is 59.8 cm³/mol. The van der Waals surface area contributed by atoms with Crippen LogP contribution in [-0.4, -0.2) is 0 Å². The molecular formula is C13H22. The normalized spacial score (nSPS) is 24.0. The second kappa shape index (κ2) is 8.10. The number of allylic oxidation sites excluding steroid dienone is 4. The average Bonchev–Trinajstić information content (AvgIpc) is 2.18. The first-order chi connectivity index (χ1) is 6.50. The molecule has 0 aromatic carbocycles. The van der Waals surface area contributed by atoms with Gasteiger partial charge in [-0.3, -0.25) is 0 Å². The Labute approximate surface area is 82.7 Å². The fourth-order valence-electron chi connectivity index (χ4n) is 1.70. The van der Waals surface area contributed by atoms with Crippen molar-refractivity contribution >= 4 is 0 Å². The molecule has 0 aromatic heterocycles. The summed E-state index contributed by atoms with van der Waals surface area (Å²) in [6.07, 6.45) is 21.5. The maximum atomic E-state index is 2.36. The number of hydrogen-bond acceptors (Lipinski definition) is 0.